The second-order valence-electron chi connectivity index (χ2n) is 18.2. The highest BCUT2D eigenvalue weighted by molar-refractivity contribution is 5.69. The third-order valence-electron chi connectivity index (χ3n) is 15.1. The summed E-state index contributed by atoms with van der Waals surface area (Å²) >= 11 is 0. The third-order valence-corrected chi connectivity index (χ3v) is 15.1. The van der Waals surface area contributed by atoms with Gasteiger partial charge in [-0.05, 0) is 154 Å². The van der Waals surface area contributed by atoms with Gasteiger partial charge in [0, 0.05) is 5.54 Å². The molecule has 0 unspecified atom stereocenters. The Morgan fingerprint density at radius 2 is 1.44 bits per heavy atom. The van der Waals surface area contributed by atoms with Crippen molar-refractivity contribution in [3.8, 4) is 0 Å². The van der Waals surface area contributed by atoms with Crippen molar-refractivity contribution in [1.82, 2.24) is 5.32 Å². The van der Waals surface area contributed by atoms with E-state index in [1.807, 2.05) is 20.8 Å². The summed E-state index contributed by atoms with van der Waals surface area (Å²) in [5, 5.41) is 14.6. The topological polar surface area (TPSA) is 58.6 Å². The molecule has 0 bridgehead atoms. The Labute approximate surface area is 239 Å². The van der Waals surface area contributed by atoms with Crippen LogP contribution >= 0.6 is 0 Å². The summed E-state index contributed by atoms with van der Waals surface area (Å²) in [5.74, 6) is 3.26. The van der Waals surface area contributed by atoms with Crippen molar-refractivity contribution < 1.29 is 14.6 Å². The number of amides is 1. The number of nitrogens with one attached hydrogen (secondary N) is 1. The predicted molar refractivity (Wildman–Crippen MR) is 157 cm³/mol. The maximum atomic E-state index is 13.3. The fraction of sp³-hybridized carbons (Fsp3) is 0.971. The summed E-state index contributed by atoms with van der Waals surface area (Å²) in [6, 6.07) is 0. The maximum Gasteiger partial charge on any atom is 0.408 e. The molecule has 0 heterocycles. The minimum absolute atomic E-state index is 0.00223. The van der Waals surface area contributed by atoms with Gasteiger partial charge in [-0.1, -0.05) is 41.5 Å². The number of carbonyl (C=O) groups excluding carboxylic acids is 1. The monoisotopic (exact) mass is 541 g/mol. The lowest BCUT2D eigenvalue weighted by Crippen LogP contribution is -2.69. The number of hydrogen-bond donors (Lipinski definition) is 2. The zero-order valence-electron chi connectivity index (χ0n) is 26.7. The molecule has 4 heteroatoms. The van der Waals surface area contributed by atoms with E-state index in [0.29, 0.717) is 45.3 Å². The molecule has 222 valence electrons. The van der Waals surface area contributed by atoms with E-state index >= 15 is 0 Å². The van der Waals surface area contributed by atoms with E-state index in [-0.39, 0.29) is 23.2 Å². The molecule has 0 saturated heterocycles. The van der Waals surface area contributed by atoms with Crippen molar-refractivity contribution in [2.24, 2.45) is 56.7 Å². The Bertz CT molecular complexity index is 1010. The zero-order valence-corrected chi connectivity index (χ0v) is 26.7. The van der Waals surface area contributed by atoms with Crippen LogP contribution in [0.15, 0.2) is 0 Å². The molecule has 6 aliphatic rings. The summed E-state index contributed by atoms with van der Waals surface area (Å²) < 4.78 is 5.88. The van der Waals surface area contributed by atoms with Crippen molar-refractivity contribution in [2.75, 3.05) is 0 Å². The first-order valence-electron chi connectivity index (χ1n) is 16.6. The third kappa shape index (κ3) is 3.87. The molecule has 0 aromatic carbocycles. The van der Waals surface area contributed by atoms with Gasteiger partial charge in [-0.2, -0.15) is 0 Å². The number of rotatable bonds is 2. The Morgan fingerprint density at radius 3 is 2.08 bits per heavy atom. The molecular formula is C35H59NO3. The number of ether oxygens (including phenoxy) is 1. The Hall–Kier alpha value is -0.770. The van der Waals surface area contributed by atoms with E-state index in [4.69, 9.17) is 4.74 Å². The zero-order chi connectivity index (χ0) is 28.4. The van der Waals surface area contributed by atoms with Crippen LogP contribution in [0.3, 0.4) is 0 Å². The second-order valence-corrected chi connectivity index (χ2v) is 18.2. The molecule has 4 nitrogen and oxygen atoms in total. The number of alkyl carbamates (subject to hydrolysis) is 1. The number of aliphatic hydroxyl groups excluding tert-OH is 1. The molecule has 6 fully saturated rings. The van der Waals surface area contributed by atoms with Gasteiger partial charge in [0.1, 0.15) is 5.60 Å². The molecular weight excluding hydrogens is 482 g/mol. The standard InChI is InChI=1S/C35H59NO3/c1-29(2,3)39-28(38)36-35-17-12-22(31(6)18-19-31)27(35)23-10-11-25-32(7)15-14-26(37)30(4,5)24(32)13-16-34(25,9)33(23,8)20-21-35/h22-27,37H,10-21H2,1-9H3,(H,36,38)/t22-,23-,24+,25-,26+,27-,32+,33-,34-,35+/m1/s1. The molecule has 2 N–H and O–H groups in total. The number of aliphatic hydroxyl groups is 1. The average Bonchev–Trinajstić information content (AvgIpc) is 3.44. The molecule has 6 rings (SSSR count). The van der Waals surface area contributed by atoms with Crippen LogP contribution in [0.1, 0.15) is 139 Å². The van der Waals surface area contributed by atoms with E-state index < -0.39 is 5.60 Å². The van der Waals surface area contributed by atoms with Crippen molar-refractivity contribution in [3.05, 3.63) is 0 Å². The lowest BCUT2D eigenvalue weighted by Gasteiger charge is -2.73. The number of carbonyl (C=O) groups is 1. The Morgan fingerprint density at radius 1 is 0.744 bits per heavy atom. The highest BCUT2D eigenvalue weighted by Crippen LogP contribution is 2.77. The molecule has 39 heavy (non-hydrogen) atoms. The van der Waals surface area contributed by atoms with Gasteiger partial charge >= 0.3 is 6.09 Å². The Kier molecular flexibility index (Phi) is 6.11. The van der Waals surface area contributed by atoms with Crippen LogP contribution in [0.4, 0.5) is 4.79 Å². The van der Waals surface area contributed by atoms with Gasteiger partial charge in [0.2, 0.25) is 0 Å². The van der Waals surface area contributed by atoms with E-state index in [1.54, 1.807) is 0 Å². The molecule has 0 aromatic heterocycles. The van der Waals surface area contributed by atoms with Gasteiger partial charge in [-0.3, -0.25) is 0 Å². The smallest absolute Gasteiger partial charge is 0.408 e. The average molecular weight is 542 g/mol. The number of hydrogen-bond acceptors (Lipinski definition) is 3. The van der Waals surface area contributed by atoms with Crippen LogP contribution in [-0.2, 0) is 4.74 Å². The van der Waals surface area contributed by atoms with Crippen LogP contribution in [0.25, 0.3) is 0 Å². The van der Waals surface area contributed by atoms with Gasteiger partial charge in [0.05, 0.1) is 6.10 Å². The first kappa shape index (κ1) is 28.4. The molecule has 0 spiro atoms. The molecule has 0 aromatic rings. The van der Waals surface area contributed by atoms with E-state index in [1.165, 1.54) is 57.8 Å². The quantitative estimate of drug-likeness (QED) is 0.368. The lowest BCUT2D eigenvalue weighted by molar-refractivity contribution is -0.244. The highest BCUT2D eigenvalue weighted by atomic mass is 16.6. The van der Waals surface area contributed by atoms with Crippen molar-refractivity contribution >= 4 is 6.09 Å². The maximum absolute atomic E-state index is 13.3. The van der Waals surface area contributed by atoms with E-state index in [9.17, 15) is 9.90 Å². The van der Waals surface area contributed by atoms with Crippen molar-refractivity contribution in [3.63, 3.8) is 0 Å². The molecule has 0 aliphatic heterocycles. The summed E-state index contributed by atoms with van der Waals surface area (Å²) in [5.41, 5.74) is 0.805. The van der Waals surface area contributed by atoms with Crippen LogP contribution in [0.2, 0.25) is 0 Å². The highest BCUT2D eigenvalue weighted by Gasteiger charge is 2.72. The van der Waals surface area contributed by atoms with Gasteiger partial charge < -0.3 is 15.2 Å². The summed E-state index contributed by atoms with van der Waals surface area (Å²) in [7, 11) is 0. The number of fused-ring (bicyclic) bond motifs is 7. The minimum Gasteiger partial charge on any atom is -0.444 e. The fourth-order valence-corrected chi connectivity index (χ4v) is 12.7. The predicted octanol–water partition coefficient (Wildman–Crippen LogP) is 8.51. The van der Waals surface area contributed by atoms with Crippen LogP contribution in [0.5, 0.6) is 0 Å². The van der Waals surface area contributed by atoms with E-state index in [2.05, 4.69) is 46.9 Å². The first-order valence-corrected chi connectivity index (χ1v) is 16.6. The summed E-state index contributed by atoms with van der Waals surface area (Å²) in [4.78, 5) is 13.3. The molecule has 6 aliphatic carbocycles. The first-order chi connectivity index (χ1) is 17.9. The largest absolute Gasteiger partial charge is 0.444 e. The summed E-state index contributed by atoms with van der Waals surface area (Å²) in [6.07, 6.45) is 14.3. The van der Waals surface area contributed by atoms with Crippen molar-refractivity contribution in [1.29, 1.82) is 0 Å². The molecule has 1 amide bonds. The van der Waals surface area contributed by atoms with Crippen LogP contribution in [0, 0.1) is 56.7 Å². The van der Waals surface area contributed by atoms with Crippen LogP contribution in [-0.4, -0.2) is 28.4 Å². The van der Waals surface area contributed by atoms with Gasteiger partial charge in [-0.25, -0.2) is 4.79 Å². The van der Waals surface area contributed by atoms with E-state index in [0.717, 1.165) is 25.2 Å². The molecule has 0 radical (unpaired) electrons. The summed E-state index contributed by atoms with van der Waals surface area (Å²) in [6.45, 7) is 21.2. The minimum atomic E-state index is -0.471. The molecule has 6 saturated carbocycles. The Balaban J connectivity index is 1.36. The van der Waals surface area contributed by atoms with Gasteiger partial charge in [0.15, 0.2) is 0 Å². The normalized spacial score (nSPS) is 51.5. The lowest BCUT2D eigenvalue weighted by atomic mass is 9.32. The van der Waals surface area contributed by atoms with Crippen molar-refractivity contribution in [2.45, 2.75) is 157 Å². The second kappa shape index (κ2) is 8.41. The van der Waals surface area contributed by atoms with Crippen LogP contribution < -0.4 is 5.32 Å². The fourth-order valence-electron chi connectivity index (χ4n) is 12.7. The van der Waals surface area contributed by atoms with Gasteiger partial charge in [0.25, 0.3) is 0 Å². The van der Waals surface area contributed by atoms with Gasteiger partial charge in [-0.15, -0.1) is 0 Å². The molecule has 10 atom stereocenters. The SMILES string of the molecule is CC(C)(C)OC(=O)N[C@]12CC[C@@H](C3(C)CC3)[C@@H]1[C@H]1CC[C@@H]3[C@@]4(C)CC[C@H](O)C(C)(C)[C@@H]4CC[C@@]3(C)[C@]1(C)CC2.